The number of rotatable bonds is 4. The first-order valence-corrected chi connectivity index (χ1v) is 10.1. The zero-order valence-corrected chi connectivity index (χ0v) is 16.7. The normalized spacial score (nSPS) is 21.8. The maximum absolute atomic E-state index is 13.0. The van der Waals surface area contributed by atoms with Crippen molar-refractivity contribution in [3.05, 3.63) is 34.2 Å². The Labute approximate surface area is 161 Å². The molecule has 0 aliphatic carbocycles. The van der Waals surface area contributed by atoms with Gasteiger partial charge in [-0.15, -0.1) is 0 Å². The Bertz CT molecular complexity index is 747. The molecule has 6 heteroatoms. The average Bonchev–Trinajstić information content (AvgIpc) is 2.65. The molecule has 1 atom stereocenters. The number of hydrogen-bond donors (Lipinski definition) is 0. The van der Waals surface area contributed by atoms with Crippen molar-refractivity contribution in [1.29, 1.82) is 0 Å². The van der Waals surface area contributed by atoms with E-state index in [1.165, 1.54) is 0 Å². The van der Waals surface area contributed by atoms with Crippen molar-refractivity contribution in [2.45, 2.75) is 45.4 Å². The largest absolute Gasteiger partial charge is 0.342 e. The maximum atomic E-state index is 13.0. The highest BCUT2D eigenvalue weighted by atomic mass is 16.2. The first-order chi connectivity index (χ1) is 12.8. The summed E-state index contributed by atoms with van der Waals surface area (Å²) in [4.78, 5) is 40.8. The highest BCUT2D eigenvalue weighted by Crippen LogP contribution is 2.29. The molecule has 0 radical (unpaired) electrons. The minimum atomic E-state index is -0.0676. The van der Waals surface area contributed by atoms with Gasteiger partial charge in [0.15, 0.2) is 0 Å². The third-order valence-electron chi connectivity index (χ3n) is 5.84. The number of aromatic nitrogens is 1. The van der Waals surface area contributed by atoms with E-state index in [1.807, 2.05) is 22.1 Å². The summed E-state index contributed by atoms with van der Waals surface area (Å²) in [5.74, 6) is 1.06. The summed E-state index contributed by atoms with van der Waals surface area (Å²) in [6.45, 7) is 6.94. The highest BCUT2D eigenvalue weighted by molar-refractivity contribution is 5.84. The smallest absolute Gasteiger partial charge is 0.250 e. The lowest BCUT2D eigenvalue weighted by atomic mass is 9.88. The van der Waals surface area contributed by atoms with E-state index in [2.05, 4.69) is 13.8 Å². The quantitative estimate of drug-likeness (QED) is 0.811. The van der Waals surface area contributed by atoms with Gasteiger partial charge >= 0.3 is 0 Å². The second-order valence-corrected chi connectivity index (χ2v) is 8.44. The van der Waals surface area contributed by atoms with Crippen LogP contribution in [0, 0.1) is 11.8 Å². The number of hydrogen-bond acceptors (Lipinski definition) is 3. The molecule has 1 unspecified atom stereocenters. The van der Waals surface area contributed by atoms with Gasteiger partial charge in [0.2, 0.25) is 11.8 Å². The van der Waals surface area contributed by atoms with E-state index < -0.39 is 0 Å². The lowest BCUT2D eigenvalue weighted by Crippen LogP contribution is -2.49. The molecule has 27 heavy (non-hydrogen) atoms. The standard InChI is InChI=1S/C21H31N3O3/c1-15(2)13-24-14-18(4-5-19(24)25)21(27)23-10-7-16(8-11-23)17-6-9-22(3)20(26)12-17/h6,9,12,15-16,18H,4-5,7-8,10-11,13-14H2,1-3H3. The average molecular weight is 373 g/mol. The Hall–Kier alpha value is -2.11. The van der Waals surface area contributed by atoms with Crippen molar-refractivity contribution in [1.82, 2.24) is 14.4 Å². The molecule has 3 heterocycles. The predicted molar refractivity (Wildman–Crippen MR) is 104 cm³/mol. The second-order valence-electron chi connectivity index (χ2n) is 8.44. The first kappa shape index (κ1) is 19.6. The summed E-state index contributed by atoms with van der Waals surface area (Å²) in [5.41, 5.74) is 1.10. The summed E-state index contributed by atoms with van der Waals surface area (Å²) in [6, 6.07) is 3.73. The highest BCUT2D eigenvalue weighted by Gasteiger charge is 2.34. The van der Waals surface area contributed by atoms with Gasteiger partial charge in [0.1, 0.15) is 0 Å². The Kier molecular flexibility index (Phi) is 6.02. The van der Waals surface area contributed by atoms with Gasteiger partial charge in [-0.05, 0) is 42.7 Å². The van der Waals surface area contributed by atoms with E-state index in [-0.39, 0.29) is 23.3 Å². The van der Waals surface area contributed by atoms with E-state index in [0.29, 0.717) is 31.2 Å². The predicted octanol–water partition coefficient (Wildman–Crippen LogP) is 1.99. The summed E-state index contributed by atoms with van der Waals surface area (Å²) >= 11 is 0. The van der Waals surface area contributed by atoms with Crippen LogP contribution in [0.5, 0.6) is 0 Å². The molecule has 2 aliphatic heterocycles. The number of aryl methyl sites for hydroxylation is 1. The van der Waals surface area contributed by atoms with Crippen molar-refractivity contribution in [3.8, 4) is 0 Å². The molecule has 2 fully saturated rings. The van der Waals surface area contributed by atoms with Crippen LogP contribution in [-0.4, -0.2) is 52.4 Å². The third kappa shape index (κ3) is 4.60. The number of amides is 2. The second kappa shape index (κ2) is 8.28. The minimum Gasteiger partial charge on any atom is -0.342 e. The van der Waals surface area contributed by atoms with E-state index in [0.717, 1.165) is 38.0 Å². The fourth-order valence-electron chi connectivity index (χ4n) is 4.24. The molecule has 2 aliphatic rings. The minimum absolute atomic E-state index is 0.0168. The van der Waals surface area contributed by atoms with Gasteiger partial charge in [0, 0.05) is 51.9 Å². The number of piperidine rings is 2. The van der Waals surface area contributed by atoms with Gasteiger partial charge in [-0.1, -0.05) is 13.8 Å². The molecule has 148 valence electrons. The van der Waals surface area contributed by atoms with Crippen LogP contribution in [0.15, 0.2) is 23.1 Å². The van der Waals surface area contributed by atoms with E-state index in [4.69, 9.17) is 0 Å². The van der Waals surface area contributed by atoms with Crippen LogP contribution < -0.4 is 5.56 Å². The van der Waals surface area contributed by atoms with Crippen LogP contribution >= 0.6 is 0 Å². The number of carbonyl (C=O) groups is 2. The zero-order valence-electron chi connectivity index (χ0n) is 16.7. The lowest BCUT2D eigenvalue weighted by Gasteiger charge is -2.38. The van der Waals surface area contributed by atoms with Crippen LogP contribution in [0.2, 0.25) is 0 Å². The van der Waals surface area contributed by atoms with Crippen molar-refractivity contribution in [3.63, 3.8) is 0 Å². The van der Waals surface area contributed by atoms with E-state index in [1.54, 1.807) is 17.7 Å². The van der Waals surface area contributed by atoms with E-state index >= 15 is 0 Å². The fourth-order valence-corrected chi connectivity index (χ4v) is 4.24. The summed E-state index contributed by atoms with van der Waals surface area (Å²) in [5, 5.41) is 0. The van der Waals surface area contributed by atoms with Crippen molar-refractivity contribution in [2.24, 2.45) is 18.9 Å². The molecule has 2 amide bonds. The first-order valence-electron chi connectivity index (χ1n) is 10.1. The number of pyridine rings is 1. The topological polar surface area (TPSA) is 62.6 Å². The van der Waals surface area contributed by atoms with Gasteiger partial charge in [-0.3, -0.25) is 14.4 Å². The molecule has 1 aromatic rings. The monoisotopic (exact) mass is 373 g/mol. The van der Waals surface area contributed by atoms with Gasteiger partial charge in [-0.25, -0.2) is 0 Å². The van der Waals surface area contributed by atoms with Crippen LogP contribution in [0.4, 0.5) is 0 Å². The number of carbonyl (C=O) groups excluding carboxylic acids is 2. The number of nitrogens with zero attached hydrogens (tertiary/aromatic N) is 3. The molecule has 0 N–H and O–H groups in total. The van der Waals surface area contributed by atoms with Crippen LogP contribution in [0.3, 0.4) is 0 Å². The van der Waals surface area contributed by atoms with Crippen LogP contribution in [0.1, 0.15) is 51.0 Å². The van der Waals surface area contributed by atoms with E-state index in [9.17, 15) is 14.4 Å². The third-order valence-corrected chi connectivity index (χ3v) is 5.84. The molecule has 1 aromatic heterocycles. The molecular formula is C21H31N3O3. The fraction of sp³-hybridized carbons (Fsp3) is 0.667. The maximum Gasteiger partial charge on any atom is 0.250 e. The molecule has 2 saturated heterocycles. The molecular weight excluding hydrogens is 342 g/mol. The molecule has 0 bridgehead atoms. The molecule has 0 aromatic carbocycles. The molecule has 0 saturated carbocycles. The number of likely N-dealkylation sites (tertiary alicyclic amines) is 2. The molecule has 3 rings (SSSR count). The van der Waals surface area contributed by atoms with Crippen LogP contribution in [-0.2, 0) is 16.6 Å². The van der Waals surface area contributed by atoms with Crippen LogP contribution in [0.25, 0.3) is 0 Å². The van der Waals surface area contributed by atoms with Gasteiger partial charge in [-0.2, -0.15) is 0 Å². The molecule has 6 nitrogen and oxygen atoms in total. The van der Waals surface area contributed by atoms with Gasteiger partial charge in [0.25, 0.3) is 5.56 Å². The Morgan fingerprint density at radius 2 is 1.89 bits per heavy atom. The zero-order chi connectivity index (χ0) is 19.6. The van der Waals surface area contributed by atoms with Crippen molar-refractivity contribution < 1.29 is 9.59 Å². The van der Waals surface area contributed by atoms with Gasteiger partial charge in [0.05, 0.1) is 5.92 Å². The summed E-state index contributed by atoms with van der Waals surface area (Å²) in [6.07, 6.45) is 4.74. The Balaban J connectivity index is 1.57. The SMILES string of the molecule is CC(C)CN1CC(C(=O)N2CCC(c3ccn(C)c(=O)c3)CC2)CCC1=O. The lowest BCUT2D eigenvalue weighted by molar-refractivity contribution is -0.144. The van der Waals surface area contributed by atoms with Crippen molar-refractivity contribution in [2.75, 3.05) is 26.2 Å². The van der Waals surface area contributed by atoms with Gasteiger partial charge < -0.3 is 14.4 Å². The Morgan fingerprint density at radius 1 is 1.19 bits per heavy atom. The van der Waals surface area contributed by atoms with Crippen molar-refractivity contribution >= 4 is 11.8 Å². The Morgan fingerprint density at radius 3 is 2.52 bits per heavy atom. The summed E-state index contributed by atoms with van der Waals surface area (Å²) in [7, 11) is 1.75. The molecule has 0 spiro atoms. The summed E-state index contributed by atoms with van der Waals surface area (Å²) < 4.78 is 1.58.